The minimum Gasteiger partial charge on any atom is -0.358 e. The molecule has 6 heteroatoms. The van der Waals surface area contributed by atoms with E-state index in [9.17, 15) is 9.59 Å². The molecule has 5 nitrogen and oxygen atoms in total. The van der Waals surface area contributed by atoms with Crippen molar-refractivity contribution in [1.29, 1.82) is 0 Å². The van der Waals surface area contributed by atoms with Crippen molar-refractivity contribution in [1.82, 2.24) is 15.8 Å². The number of hydrazine groups is 1. The topological polar surface area (TPSA) is 61.4 Å². The molecule has 0 saturated carbocycles. The van der Waals surface area contributed by atoms with Crippen LogP contribution in [-0.2, 0) is 9.59 Å². The zero-order valence-electron chi connectivity index (χ0n) is 10.1. The number of hydrogen-bond acceptors (Lipinski definition) is 4. The lowest BCUT2D eigenvalue weighted by Crippen LogP contribution is -2.43. The van der Waals surface area contributed by atoms with Gasteiger partial charge in [-0.25, -0.2) is 5.43 Å². The van der Waals surface area contributed by atoms with Gasteiger partial charge in [-0.15, -0.1) is 0 Å². The van der Waals surface area contributed by atoms with Crippen molar-refractivity contribution in [2.24, 2.45) is 5.92 Å². The second-order valence-electron chi connectivity index (χ2n) is 3.80. The van der Waals surface area contributed by atoms with Crippen molar-refractivity contribution < 1.29 is 9.59 Å². The van der Waals surface area contributed by atoms with Crippen LogP contribution in [0.4, 0.5) is 0 Å². The van der Waals surface area contributed by atoms with Crippen molar-refractivity contribution in [3.8, 4) is 0 Å². The third kappa shape index (κ3) is 7.53. The smallest absolute Gasteiger partial charge is 0.223 e. The van der Waals surface area contributed by atoms with Gasteiger partial charge in [0.2, 0.25) is 12.8 Å². The van der Waals surface area contributed by atoms with Crippen molar-refractivity contribution in [2.45, 2.75) is 19.1 Å². The monoisotopic (exact) mass is 247 g/mol. The minimum absolute atomic E-state index is 0.289. The van der Waals surface area contributed by atoms with Gasteiger partial charge in [-0.05, 0) is 12.2 Å². The van der Waals surface area contributed by atoms with Crippen LogP contribution in [0.25, 0.3) is 0 Å². The Morgan fingerprint density at radius 1 is 1.31 bits per heavy atom. The van der Waals surface area contributed by atoms with Crippen LogP contribution in [-0.4, -0.2) is 49.0 Å². The number of carbonyl (C=O) groups excluding carboxylic acids is 2. The lowest BCUT2D eigenvalue weighted by Gasteiger charge is -2.23. The number of nitrogens with zero attached hydrogens (tertiary/aromatic N) is 1. The number of nitrogens with one attached hydrogen (secondary N) is 2. The number of hydrogen-bond donors (Lipinski definition) is 2. The molecule has 0 aromatic carbocycles. The predicted molar refractivity (Wildman–Crippen MR) is 67.0 cm³/mol. The molecule has 0 aromatic rings. The summed E-state index contributed by atoms with van der Waals surface area (Å²) in [6, 6.07) is 0. The fraction of sp³-hybridized carbons (Fsp3) is 0.800. The average Bonchev–Trinajstić information content (AvgIpc) is 2.31. The highest BCUT2D eigenvalue weighted by Gasteiger charge is 2.08. The van der Waals surface area contributed by atoms with E-state index in [0.29, 0.717) is 31.3 Å². The quantitative estimate of drug-likeness (QED) is 0.424. The third-order valence-electron chi connectivity index (χ3n) is 2.18. The van der Waals surface area contributed by atoms with Gasteiger partial charge in [0, 0.05) is 24.9 Å². The van der Waals surface area contributed by atoms with Gasteiger partial charge in [-0.3, -0.25) is 14.6 Å². The van der Waals surface area contributed by atoms with Crippen LogP contribution in [0.15, 0.2) is 0 Å². The van der Waals surface area contributed by atoms with Crippen molar-refractivity contribution >= 4 is 24.6 Å². The average molecular weight is 247 g/mol. The Morgan fingerprint density at radius 3 is 2.50 bits per heavy atom. The normalized spacial score (nSPS) is 13.9. The maximum atomic E-state index is 10.8. The van der Waals surface area contributed by atoms with E-state index in [0.717, 1.165) is 6.41 Å². The van der Waals surface area contributed by atoms with Gasteiger partial charge in [0.25, 0.3) is 0 Å². The van der Waals surface area contributed by atoms with Crippen LogP contribution in [0, 0.1) is 5.92 Å². The summed E-state index contributed by atoms with van der Waals surface area (Å²) in [4.78, 5) is 20.9. The summed E-state index contributed by atoms with van der Waals surface area (Å²) in [5.74, 6) is 0.289. The van der Waals surface area contributed by atoms with Gasteiger partial charge in [0.05, 0.1) is 0 Å². The molecule has 0 aromatic heterocycles. The van der Waals surface area contributed by atoms with Crippen LogP contribution >= 0.6 is 11.8 Å². The first-order valence-corrected chi connectivity index (χ1v) is 6.58. The maximum Gasteiger partial charge on any atom is 0.223 e. The number of amides is 2. The molecule has 0 bridgehead atoms. The molecule has 0 fully saturated rings. The van der Waals surface area contributed by atoms with Gasteiger partial charge < -0.3 is 5.32 Å². The molecule has 2 amide bonds. The molecule has 0 saturated heterocycles. The molecule has 0 aliphatic rings. The van der Waals surface area contributed by atoms with E-state index < -0.39 is 0 Å². The van der Waals surface area contributed by atoms with E-state index in [2.05, 4.69) is 17.7 Å². The molecule has 0 aliphatic carbocycles. The summed E-state index contributed by atoms with van der Waals surface area (Å²) >= 11 is 1.72. The van der Waals surface area contributed by atoms with Crippen LogP contribution < -0.4 is 10.7 Å². The summed E-state index contributed by atoms with van der Waals surface area (Å²) in [5, 5.41) is 4.57. The Hall–Kier alpha value is -0.750. The van der Waals surface area contributed by atoms with Gasteiger partial charge in [0.15, 0.2) is 0 Å². The summed E-state index contributed by atoms with van der Waals surface area (Å²) in [6.07, 6.45) is 3.50. The largest absolute Gasteiger partial charge is 0.358 e. The fourth-order valence-electron chi connectivity index (χ4n) is 1.09. The van der Waals surface area contributed by atoms with Crippen molar-refractivity contribution in [2.75, 3.05) is 25.9 Å². The molecule has 16 heavy (non-hydrogen) atoms. The lowest BCUT2D eigenvalue weighted by atomic mass is 10.2. The summed E-state index contributed by atoms with van der Waals surface area (Å²) in [5.41, 5.74) is 3.04. The first kappa shape index (κ1) is 15.2. The van der Waals surface area contributed by atoms with E-state index in [1.54, 1.807) is 16.8 Å². The molecule has 2 N–H and O–H groups in total. The third-order valence-corrected chi connectivity index (χ3v) is 3.13. The Balaban J connectivity index is 3.76. The minimum atomic E-state index is 0.289. The molecule has 2 unspecified atom stereocenters. The number of carbonyl (C=O) groups is 2. The van der Waals surface area contributed by atoms with Gasteiger partial charge in [-0.2, -0.15) is 11.8 Å². The van der Waals surface area contributed by atoms with E-state index in [1.807, 2.05) is 13.2 Å². The standard InChI is InChI=1S/C10H21N3O2S/c1-9(4-11-7-14)5-12-13(8-15)6-10(2)16-3/h7-10,12H,4-6H2,1-3H3,(H,11,14). The molecule has 0 spiro atoms. The Bertz CT molecular complexity index is 205. The zero-order valence-corrected chi connectivity index (χ0v) is 10.9. The summed E-state index contributed by atoms with van der Waals surface area (Å²) < 4.78 is 0. The first-order valence-electron chi connectivity index (χ1n) is 5.29. The lowest BCUT2D eigenvalue weighted by molar-refractivity contribution is -0.121. The zero-order chi connectivity index (χ0) is 12.4. The SMILES string of the molecule is CSC(C)CN(C=O)NCC(C)CNC=O. The highest BCUT2D eigenvalue weighted by Crippen LogP contribution is 2.05. The van der Waals surface area contributed by atoms with E-state index in [1.165, 1.54) is 0 Å². The maximum absolute atomic E-state index is 10.8. The van der Waals surface area contributed by atoms with E-state index >= 15 is 0 Å². The van der Waals surface area contributed by atoms with Gasteiger partial charge in [0.1, 0.15) is 0 Å². The Kier molecular flexibility index (Phi) is 9.03. The van der Waals surface area contributed by atoms with Crippen LogP contribution in [0.1, 0.15) is 13.8 Å². The van der Waals surface area contributed by atoms with Gasteiger partial charge in [-0.1, -0.05) is 13.8 Å². The number of rotatable bonds is 10. The van der Waals surface area contributed by atoms with E-state index in [-0.39, 0.29) is 5.92 Å². The molecule has 0 radical (unpaired) electrons. The Morgan fingerprint density at radius 2 is 2.00 bits per heavy atom. The van der Waals surface area contributed by atoms with E-state index in [4.69, 9.17) is 0 Å². The highest BCUT2D eigenvalue weighted by molar-refractivity contribution is 7.99. The van der Waals surface area contributed by atoms with Crippen molar-refractivity contribution in [3.63, 3.8) is 0 Å². The molecular formula is C10H21N3O2S. The predicted octanol–water partition coefficient (Wildman–Crippen LogP) is 0.0830. The Labute approximate surface area is 101 Å². The van der Waals surface area contributed by atoms with Crippen LogP contribution in [0.5, 0.6) is 0 Å². The molecule has 0 rings (SSSR count). The van der Waals surface area contributed by atoms with Gasteiger partial charge >= 0.3 is 0 Å². The molecular weight excluding hydrogens is 226 g/mol. The summed E-state index contributed by atoms with van der Waals surface area (Å²) in [7, 11) is 0. The number of thioether (sulfide) groups is 1. The van der Waals surface area contributed by atoms with Crippen molar-refractivity contribution in [3.05, 3.63) is 0 Å². The fourth-order valence-corrected chi connectivity index (χ4v) is 1.40. The van der Waals surface area contributed by atoms with Crippen LogP contribution in [0.2, 0.25) is 0 Å². The summed E-state index contributed by atoms with van der Waals surface area (Å²) in [6.45, 7) is 6.03. The second kappa shape index (κ2) is 9.47. The second-order valence-corrected chi connectivity index (χ2v) is 5.07. The molecule has 2 atom stereocenters. The first-order chi connectivity index (χ1) is 7.63. The highest BCUT2D eigenvalue weighted by atomic mass is 32.2. The molecule has 0 heterocycles. The molecule has 94 valence electrons. The van der Waals surface area contributed by atoms with Crippen LogP contribution in [0.3, 0.4) is 0 Å². The molecule has 0 aliphatic heterocycles.